The molecule has 0 fully saturated rings. The molecule has 0 aliphatic rings. The molecule has 0 saturated carbocycles. The molecule has 154 valence electrons. The van der Waals surface area contributed by atoms with E-state index in [1.807, 2.05) is 39.2 Å². The van der Waals surface area contributed by atoms with E-state index in [2.05, 4.69) is 37.6 Å². The van der Waals surface area contributed by atoms with Crippen LogP contribution in [0.1, 0.15) is 29.2 Å². The number of nitrogens with one attached hydrogen (secondary N) is 2. The summed E-state index contributed by atoms with van der Waals surface area (Å²) in [6.45, 7) is 3.67. The summed E-state index contributed by atoms with van der Waals surface area (Å²) in [5, 5.41) is 7.84. The predicted octanol–water partition coefficient (Wildman–Crippen LogP) is 3.56. The third-order valence-electron chi connectivity index (χ3n) is 4.05. The van der Waals surface area contributed by atoms with Gasteiger partial charge in [0, 0.05) is 24.9 Å². The van der Waals surface area contributed by atoms with Crippen LogP contribution in [0.25, 0.3) is 0 Å². The number of alkyl halides is 3. The maximum Gasteiger partial charge on any atom is 0.434 e. The number of aromatic nitrogens is 1. The second-order valence-corrected chi connectivity index (χ2v) is 7.35. The van der Waals surface area contributed by atoms with E-state index in [1.165, 1.54) is 5.56 Å². The van der Waals surface area contributed by atoms with Crippen LogP contribution >= 0.6 is 11.3 Å². The number of aliphatic imine (C=N–C) groups is 1. The summed E-state index contributed by atoms with van der Waals surface area (Å²) >= 11 is 1.02. The Morgan fingerprint density at radius 1 is 1.21 bits per heavy atom. The summed E-state index contributed by atoms with van der Waals surface area (Å²) in [7, 11) is 4.02. The fourth-order valence-corrected chi connectivity index (χ4v) is 3.41. The molecule has 0 saturated heterocycles. The average Bonchev–Trinajstić information content (AvgIpc) is 3.12. The maximum absolute atomic E-state index is 12.6. The summed E-state index contributed by atoms with van der Waals surface area (Å²) < 4.78 is 37.9. The second-order valence-electron chi connectivity index (χ2n) is 6.41. The molecule has 2 N–H and O–H groups in total. The molecule has 0 radical (unpaired) electrons. The quantitative estimate of drug-likeness (QED) is 0.513. The van der Waals surface area contributed by atoms with Crippen molar-refractivity contribution in [2.24, 2.45) is 4.99 Å². The lowest BCUT2D eigenvalue weighted by atomic mass is 10.1. The van der Waals surface area contributed by atoms with Gasteiger partial charge in [0.1, 0.15) is 0 Å². The number of rotatable bonds is 8. The minimum absolute atomic E-state index is 0.130. The first-order chi connectivity index (χ1) is 13.3. The largest absolute Gasteiger partial charge is 0.434 e. The summed E-state index contributed by atoms with van der Waals surface area (Å²) in [5.74, 6) is 0.637. The number of nitrogens with zero attached hydrogens (tertiary/aromatic N) is 3. The zero-order valence-corrected chi connectivity index (χ0v) is 17.1. The molecule has 28 heavy (non-hydrogen) atoms. The number of halogens is 3. The highest BCUT2D eigenvalue weighted by molar-refractivity contribution is 7.09. The molecule has 1 atom stereocenters. The van der Waals surface area contributed by atoms with Crippen LogP contribution in [0.15, 0.2) is 40.7 Å². The minimum Gasteiger partial charge on any atom is -0.357 e. The molecule has 1 aromatic carbocycles. The predicted molar refractivity (Wildman–Crippen MR) is 108 cm³/mol. The minimum atomic E-state index is -4.39. The smallest absolute Gasteiger partial charge is 0.357 e. The molecule has 1 heterocycles. The van der Waals surface area contributed by atoms with E-state index in [0.29, 0.717) is 37.0 Å². The number of hydrogen-bond donors (Lipinski definition) is 2. The average molecular weight is 414 g/mol. The fourth-order valence-electron chi connectivity index (χ4n) is 2.61. The van der Waals surface area contributed by atoms with Crippen LogP contribution in [0.5, 0.6) is 0 Å². The van der Waals surface area contributed by atoms with E-state index in [9.17, 15) is 13.2 Å². The lowest BCUT2D eigenvalue weighted by Gasteiger charge is -2.23. The van der Waals surface area contributed by atoms with E-state index < -0.39 is 11.9 Å². The van der Waals surface area contributed by atoms with Crippen molar-refractivity contribution < 1.29 is 13.2 Å². The number of benzene rings is 1. The van der Waals surface area contributed by atoms with Gasteiger partial charge in [0.25, 0.3) is 0 Å². The standard InChI is InChI=1S/C19H26F3N5S/c1-4-23-18(24-11-10-17-26-16(13-28-17)19(20,21)22)25-12-15(27(2)3)14-8-6-5-7-9-14/h5-9,13,15H,4,10-12H2,1-3H3,(H2,23,24,25). The molecule has 2 aromatic rings. The van der Waals surface area contributed by atoms with E-state index in [0.717, 1.165) is 16.7 Å². The number of likely N-dealkylation sites (N-methyl/N-ethyl adjacent to an activating group) is 1. The highest BCUT2D eigenvalue weighted by Gasteiger charge is 2.33. The Labute approximate surface area is 167 Å². The first-order valence-electron chi connectivity index (χ1n) is 9.06. The molecule has 5 nitrogen and oxygen atoms in total. The van der Waals surface area contributed by atoms with Crippen molar-refractivity contribution in [3.63, 3.8) is 0 Å². The Morgan fingerprint density at radius 3 is 2.50 bits per heavy atom. The molecule has 0 aliphatic carbocycles. The van der Waals surface area contributed by atoms with Crippen molar-refractivity contribution in [3.8, 4) is 0 Å². The number of guanidine groups is 1. The molecule has 1 unspecified atom stereocenters. The molecular formula is C19H26F3N5S. The topological polar surface area (TPSA) is 52.6 Å². The van der Waals surface area contributed by atoms with Crippen LogP contribution < -0.4 is 10.6 Å². The highest BCUT2D eigenvalue weighted by atomic mass is 32.1. The van der Waals surface area contributed by atoms with Crippen molar-refractivity contribution >= 4 is 17.3 Å². The molecule has 9 heteroatoms. The van der Waals surface area contributed by atoms with Gasteiger partial charge in [-0.3, -0.25) is 4.99 Å². The third kappa shape index (κ3) is 6.79. The van der Waals surface area contributed by atoms with Crippen molar-refractivity contribution in [3.05, 3.63) is 52.0 Å². The highest BCUT2D eigenvalue weighted by Crippen LogP contribution is 2.30. The van der Waals surface area contributed by atoms with Gasteiger partial charge in [-0.05, 0) is 26.6 Å². The molecule has 0 aliphatic heterocycles. The lowest BCUT2D eigenvalue weighted by Crippen LogP contribution is -2.39. The molecule has 2 rings (SSSR count). The van der Waals surface area contributed by atoms with E-state index in [1.54, 1.807) is 0 Å². The second kappa shape index (κ2) is 10.4. The van der Waals surface area contributed by atoms with Gasteiger partial charge in [0.15, 0.2) is 11.7 Å². The van der Waals surface area contributed by atoms with Gasteiger partial charge in [0.2, 0.25) is 0 Å². The van der Waals surface area contributed by atoms with Crippen LogP contribution in [-0.4, -0.2) is 49.6 Å². The van der Waals surface area contributed by atoms with Gasteiger partial charge < -0.3 is 15.5 Å². The van der Waals surface area contributed by atoms with Crippen molar-refractivity contribution in [1.82, 2.24) is 20.5 Å². The van der Waals surface area contributed by atoms with Gasteiger partial charge in [-0.25, -0.2) is 4.98 Å². The summed E-state index contributed by atoms with van der Waals surface area (Å²) in [6, 6.07) is 10.3. The Bertz CT molecular complexity index is 744. The lowest BCUT2D eigenvalue weighted by molar-refractivity contribution is -0.140. The fraction of sp³-hybridized carbons (Fsp3) is 0.474. The van der Waals surface area contributed by atoms with Crippen LogP contribution in [0.2, 0.25) is 0 Å². The maximum atomic E-state index is 12.6. The van der Waals surface area contributed by atoms with Crippen LogP contribution in [0.4, 0.5) is 13.2 Å². The van der Waals surface area contributed by atoms with E-state index >= 15 is 0 Å². The Hall–Kier alpha value is -2.13. The zero-order valence-electron chi connectivity index (χ0n) is 16.3. The normalized spacial score (nSPS) is 13.6. The van der Waals surface area contributed by atoms with Gasteiger partial charge in [-0.2, -0.15) is 13.2 Å². The first kappa shape index (κ1) is 22.2. The van der Waals surface area contributed by atoms with Crippen LogP contribution in [0, 0.1) is 0 Å². The van der Waals surface area contributed by atoms with Gasteiger partial charge in [0.05, 0.1) is 17.6 Å². The molecular weight excluding hydrogens is 387 g/mol. The van der Waals surface area contributed by atoms with Gasteiger partial charge in [-0.15, -0.1) is 11.3 Å². The monoisotopic (exact) mass is 413 g/mol. The molecule has 0 amide bonds. The summed E-state index contributed by atoms with van der Waals surface area (Å²) in [6.07, 6.45) is -3.99. The summed E-state index contributed by atoms with van der Waals surface area (Å²) in [4.78, 5) is 10.4. The first-order valence-corrected chi connectivity index (χ1v) is 9.94. The van der Waals surface area contributed by atoms with Gasteiger partial charge in [-0.1, -0.05) is 30.3 Å². The Morgan fingerprint density at radius 2 is 1.93 bits per heavy atom. The van der Waals surface area contributed by atoms with Crippen LogP contribution in [-0.2, 0) is 12.6 Å². The number of hydrogen-bond acceptors (Lipinski definition) is 4. The van der Waals surface area contributed by atoms with Crippen LogP contribution in [0.3, 0.4) is 0 Å². The van der Waals surface area contributed by atoms with Crippen molar-refractivity contribution in [2.45, 2.75) is 25.6 Å². The van der Waals surface area contributed by atoms with E-state index in [4.69, 9.17) is 0 Å². The number of thiazole rings is 1. The third-order valence-corrected chi connectivity index (χ3v) is 4.96. The SMILES string of the molecule is CCNC(=NCC(c1ccccc1)N(C)C)NCCc1nc(C(F)(F)F)cs1. The zero-order chi connectivity index (χ0) is 20.6. The Balaban J connectivity index is 1.95. The molecule has 1 aromatic heterocycles. The van der Waals surface area contributed by atoms with Crippen molar-refractivity contribution in [1.29, 1.82) is 0 Å². The van der Waals surface area contributed by atoms with Gasteiger partial charge >= 0.3 is 6.18 Å². The van der Waals surface area contributed by atoms with Crippen molar-refractivity contribution in [2.75, 3.05) is 33.7 Å². The summed E-state index contributed by atoms with van der Waals surface area (Å²) in [5.41, 5.74) is 0.347. The van der Waals surface area contributed by atoms with E-state index in [-0.39, 0.29) is 6.04 Å². The Kier molecular flexibility index (Phi) is 8.25. The molecule has 0 spiro atoms. The molecule has 0 bridgehead atoms.